The van der Waals surface area contributed by atoms with Gasteiger partial charge in [0.05, 0.1) is 0 Å². The molecule has 0 saturated heterocycles. The van der Waals surface area contributed by atoms with E-state index in [9.17, 15) is 0 Å². The van der Waals surface area contributed by atoms with Crippen LogP contribution < -0.4 is 5.32 Å². The van der Waals surface area contributed by atoms with Gasteiger partial charge in [-0.25, -0.2) is 4.52 Å². The van der Waals surface area contributed by atoms with Crippen LogP contribution in [-0.2, 0) is 0 Å². The maximum absolute atomic E-state index is 8.63. The number of anilines is 1. The normalized spacial score (nSPS) is 10.8. The van der Waals surface area contributed by atoms with Crippen LogP contribution in [0.15, 0.2) is 22.8 Å². The lowest BCUT2D eigenvalue weighted by atomic mass is 10.4. The number of aromatic nitrogens is 3. The van der Waals surface area contributed by atoms with Gasteiger partial charge < -0.3 is 10.4 Å². The zero-order chi connectivity index (χ0) is 10.7. The molecule has 2 heterocycles. The van der Waals surface area contributed by atoms with Crippen molar-refractivity contribution in [3.8, 4) is 0 Å². The number of aliphatic hydroxyl groups excluding tert-OH is 1. The molecule has 80 valence electrons. The Labute approximate surface area is 95.3 Å². The van der Waals surface area contributed by atoms with Gasteiger partial charge in [-0.3, -0.25) is 0 Å². The first kappa shape index (κ1) is 10.4. The molecular formula is C9H11BrN4O. The standard InChI is InChI=1S/C9H11BrN4O/c10-7-2-3-8-12-9(11-4-1-5-15)13-14(8)6-7/h2-3,6,15H,1,4-5H2,(H,11,13). The van der Waals surface area contributed by atoms with Gasteiger partial charge in [-0.05, 0) is 34.5 Å². The molecule has 2 N–H and O–H groups in total. The minimum atomic E-state index is 0.173. The molecule has 6 heteroatoms. The fraction of sp³-hybridized carbons (Fsp3) is 0.333. The van der Waals surface area contributed by atoms with Gasteiger partial charge in [0.15, 0.2) is 5.65 Å². The lowest BCUT2D eigenvalue weighted by Gasteiger charge is -1.96. The van der Waals surface area contributed by atoms with Crippen LogP contribution in [0.2, 0.25) is 0 Å². The summed E-state index contributed by atoms with van der Waals surface area (Å²) in [5, 5.41) is 15.9. The van der Waals surface area contributed by atoms with Gasteiger partial charge in [0.2, 0.25) is 5.95 Å². The van der Waals surface area contributed by atoms with E-state index < -0.39 is 0 Å². The van der Waals surface area contributed by atoms with Crippen molar-refractivity contribution < 1.29 is 5.11 Å². The molecule has 0 aliphatic rings. The molecular weight excluding hydrogens is 260 g/mol. The van der Waals surface area contributed by atoms with Crippen LogP contribution in [0, 0.1) is 0 Å². The molecule has 0 aromatic carbocycles. The van der Waals surface area contributed by atoms with Gasteiger partial charge in [-0.2, -0.15) is 4.98 Å². The third kappa shape index (κ3) is 2.45. The zero-order valence-corrected chi connectivity index (χ0v) is 9.61. The monoisotopic (exact) mass is 270 g/mol. The van der Waals surface area contributed by atoms with Gasteiger partial charge in [0.1, 0.15) is 0 Å². The summed E-state index contributed by atoms with van der Waals surface area (Å²) in [7, 11) is 0. The number of hydrogen-bond acceptors (Lipinski definition) is 4. The maximum atomic E-state index is 8.63. The van der Waals surface area contributed by atoms with Crippen molar-refractivity contribution in [1.29, 1.82) is 0 Å². The molecule has 5 nitrogen and oxygen atoms in total. The third-order valence-corrected chi connectivity index (χ3v) is 2.38. The number of halogens is 1. The second-order valence-corrected chi connectivity index (χ2v) is 4.01. The molecule has 0 bridgehead atoms. The molecule has 0 radical (unpaired) electrons. The first-order valence-corrected chi connectivity index (χ1v) is 5.45. The highest BCUT2D eigenvalue weighted by atomic mass is 79.9. The highest BCUT2D eigenvalue weighted by molar-refractivity contribution is 9.10. The summed E-state index contributed by atoms with van der Waals surface area (Å²) in [6, 6.07) is 3.80. The fourth-order valence-corrected chi connectivity index (χ4v) is 1.54. The topological polar surface area (TPSA) is 62.5 Å². The van der Waals surface area contributed by atoms with Crippen LogP contribution in [0.3, 0.4) is 0 Å². The quantitative estimate of drug-likeness (QED) is 0.822. The molecule has 0 fully saturated rings. The molecule has 2 aromatic heterocycles. The Morgan fingerprint density at radius 3 is 3.13 bits per heavy atom. The second kappa shape index (κ2) is 4.59. The number of rotatable bonds is 4. The molecule has 0 spiro atoms. The van der Waals surface area contributed by atoms with Crippen molar-refractivity contribution in [2.24, 2.45) is 0 Å². The van der Waals surface area contributed by atoms with Crippen LogP contribution in [0.5, 0.6) is 0 Å². The highest BCUT2D eigenvalue weighted by Gasteiger charge is 2.02. The highest BCUT2D eigenvalue weighted by Crippen LogP contribution is 2.11. The van der Waals surface area contributed by atoms with Gasteiger partial charge >= 0.3 is 0 Å². The molecule has 0 unspecified atom stereocenters. The summed E-state index contributed by atoms with van der Waals surface area (Å²) in [5.74, 6) is 0.585. The van der Waals surface area contributed by atoms with Gasteiger partial charge in [0, 0.05) is 23.8 Å². The number of nitrogens with one attached hydrogen (secondary N) is 1. The van der Waals surface area contributed by atoms with Crippen molar-refractivity contribution in [3.05, 3.63) is 22.8 Å². The van der Waals surface area contributed by atoms with Crippen molar-refractivity contribution in [1.82, 2.24) is 14.6 Å². The van der Waals surface area contributed by atoms with Crippen LogP contribution in [0.1, 0.15) is 6.42 Å². The fourth-order valence-electron chi connectivity index (χ4n) is 1.21. The maximum Gasteiger partial charge on any atom is 0.243 e. The summed E-state index contributed by atoms with van der Waals surface area (Å²) in [5.41, 5.74) is 0.796. The van der Waals surface area contributed by atoms with Crippen molar-refractivity contribution in [3.63, 3.8) is 0 Å². The molecule has 15 heavy (non-hydrogen) atoms. The minimum absolute atomic E-state index is 0.173. The van der Waals surface area contributed by atoms with Gasteiger partial charge in [-0.15, -0.1) is 5.10 Å². The summed E-state index contributed by atoms with van der Waals surface area (Å²) >= 11 is 3.36. The Kier molecular flexibility index (Phi) is 3.17. The van der Waals surface area contributed by atoms with E-state index in [4.69, 9.17) is 5.11 Å². The lowest BCUT2D eigenvalue weighted by molar-refractivity contribution is 0.292. The van der Waals surface area contributed by atoms with Crippen LogP contribution in [-0.4, -0.2) is 32.9 Å². The van der Waals surface area contributed by atoms with E-state index >= 15 is 0 Å². The zero-order valence-electron chi connectivity index (χ0n) is 8.02. The van der Waals surface area contributed by atoms with Crippen molar-refractivity contribution in [2.75, 3.05) is 18.5 Å². The Morgan fingerprint density at radius 1 is 1.47 bits per heavy atom. The van der Waals surface area contributed by atoms with Gasteiger partial charge in [-0.1, -0.05) is 0 Å². The summed E-state index contributed by atoms with van der Waals surface area (Å²) < 4.78 is 2.66. The average Bonchev–Trinajstić information content (AvgIpc) is 2.60. The molecule has 0 aliphatic heterocycles. The number of pyridine rings is 1. The predicted octanol–water partition coefficient (Wildman–Crippen LogP) is 1.29. The summed E-state index contributed by atoms with van der Waals surface area (Å²) in [4.78, 5) is 4.26. The average molecular weight is 271 g/mol. The smallest absolute Gasteiger partial charge is 0.243 e. The molecule has 0 amide bonds. The van der Waals surface area contributed by atoms with Crippen LogP contribution in [0.4, 0.5) is 5.95 Å². The SMILES string of the molecule is OCCCNc1nc2ccc(Br)cn2n1. The summed E-state index contributed by atoms with van der Waals surface area (Å²) in [6.45, 7) is 0.848. The Bertz CT molecular complexity index is 456. The molecule has 0 saturated carbocycles. The molecule has 2 aromatic rings. The van der Waals surface area contributed by atoms with E-state index in [1.165, 1.54) is 0 Å². The van der Waals surface area contributed by atoms with E-state index in [1.54, 1.807) is 4.52 Å². The Morgan fingerprint density at radius 2 is 2.33 bits per heavy atom. The first-order valence-electron chi connectivity index (χ1n) is 4.66. The van der Waals surface area contributed by atoms with Crippen molar-refractivity contribution in [2.45, 2.75) is 6.42 Å². The molecule has 0 aliphatic carbocycles. The Balaban J connectivity index is 2.16. The number of hydrogen-bond donors (Lipinski definition) is 2. The van der Waals surface area contributed by atoms with Crippen LogP contribution >= 0.6 is 15.9 Å². The van der Waals surface area contributed by atoms with E-state index in [1.807, 2.05) is 18.3 Å². The van der Waals surface area contributed by atoms with E-state index in [2.05, 4.69) is 31.3 Å². The first-order chi connectivity index (χ1) is 7.29. The van der Waals surface area contributed by atoms with Crippen LogP contribution in [0.25, 0.3) is 5.65 Å². The number of aliphatic hydroxyl groups is 1. The molecule has 2 rings (SSSR count). The second-order valence-electron chi connectivity index (χ2n) is 3.09. The number of fused-ring (bicyclic) bond motifs is 1. The van der Waals surface area contributed by atoms with E-state index in [0.29, 0.717) is 18.9 Å². The van der Waals surface area contributed by atoms with Crippen molar-refractivity contribution >= 4 is 27.5 Å². The lowest BCUT2D eigenvalue weighted by Crippen LogP contribution is -2.04. The minimum Gasteiger partial charge on any atom is -0.396 e. The summed E-state index contributed by atoms with van der Waals surface area (Å²) in [6.07, 6.45) is 2.54. The molecule has 0 atom stereocenters. The third-order valence-electron chi connectivity index (χ3n) is 1.91. The predicted molar refractivity (Wildman–Crippen MR) is 60.9 cm³/mol. The van der Waals surface area contributed by atoms with E-state index in [0.717, 1.165) is 10.1 Å². The van der Waals surface area contributed by atoms with E-state index in [-0.39, 0.29) is 6.61 Å². The van der Waals surface area contributed by atoms with Gasteiger partial charge in [0.25, 0.3) is 0 Å². The Hall–Kier alpha value is -1.14. The largest absolute Gasteiger partial charge is 0.396 e. The number of nitrogens with zero attached hydrogens (tertiary/aromatic N) is 3.